The van der Waals surface area contributed by atoms with Gasteiger partial charge in [0.2, 0.25) is 0 Å². The minimum atomic E-state index is 0.609. The number of hydrogen-bond acceptors (Lipinski definition) is 2. The molecule has 3 aromatic rings. The third kappa shape index (κ3) is 5.54. The summed E-state index contributed by atoms with van der Waals surface area (Å²) in [6, 6.07) is 13.4. The van der Waals surface area contributed by atoms with E-state index in [4.69, 9.17) is 12.2 Å². The van der Waals surface area contributed by atoms with E-state index in [9.17, 15) is 0 Å². The molecule has 0 radical (unpaired) electrons. The number of halogens is 2. The summed E-state index contributed by atoms with van der Waals surface area (Å²) in [5, 5.41) is 8.60. The Hall–Kier alpha value is -0.910. The zero-order chi connectivity index (χ0) is 22.0. The van der Waals surface area contributed by atoms with Gasteiger partial charge in [0, 0.05) is 36.0 Å². The van der Waals surface area contributed by atoms with Crippen LogP contribution in [0.5, 0.6) is 0 Å². The second kappa shape index (κ2) is 10.4. The van der Waals surface area contributed by atoms with Crippen LogP contribution in [0, 0.1) is 7.14 Å². The Balaban J connectivity index is 1.46. The summed E-state index contributed by atoms with van der Waals surface area (Å²) in [4.78, 5) is 6.11. The number of likely N-dealkylation sites (tertiary alicyclic amines) is 1. The van der Waals surface area contributed by atoms with Crippen LogP contribution in [-0.4, -0.2) is 34.1 Å². The largest absolute Gasteiger partial charge is 0.361 e. The van der Waals surface area contributed by atoms with E-state index in [1.165, 1.54) is 52.4 Å². The summed E-state index contributed by atoms with van der Waals surface area (Å²) >= 11 is 10.2. The van der Waals surface area contributed by atoms with Crippen molar-refractivity contribution in [3.05, 3.63) is 55.3 Å². The van der Waals surface area contributed by atoms with Crippen molar-refractivity contribution >= 4 is 84.8 Å². The Morgan fingerprint density at radius 2 is 1.94 bits per heavy atom. The van der Waals surface area contributed by atoms with Crippen LogP contribution < -0.4 is 10.6 Å². The number of piperidine rings is 1. The van der Waals surface area contributed by atoms with Crippen LogP contribution in [0.25, 0.3) is 10.9 Å². The van der Waals surface area contributed by atoms with Crippen LogP contribution in [-0.2, 0) is 0 Å². The van der Waals surface area contributed by atoms with Gasteiger partial charge < -0.3 is 20.5 Å². The molecule has 4 rings (SSSR count). The second-order valence-electron chi connectivity index (χ2n) is 8.28. The smallest absolute Gasteiger partial charge is 0.175 e. The molecule has 1 fully saturated rings. The SMILES string of the molecule is CCC(C)N1CCC(c2c[nH]c3ccc(NC(=S)Nc4ccc(I)cc4I)cc23)CC1. The fourth-order valence-corrected chi connectivity index (χ4v) is 6.31. The van der Waals surface area contributed by atoms with Crippen molar-refractivity contribution in [2.45, 2.75) is 45.1 Å². The summed E-state index contributed by atoms with van der Waals surface area (Å²) in [5.41, 5.74) is 4.67. The van der Waals surface area contributed by atoms with Gasteiger partial charge in [0.1, 0.15) is 0 Å². The predicted octanol–water partition coefficient (Wildman–Crippen LogP) is 7.16. The first-order valence-electron chi connectivity index (χ1n) is 10.8. The standard InChI is InChI=1S/C24H28I2N4S/c1-3-15(2)30-10-8-16(9-11-30)20-14-27-22-7-5-18(13-19(20)22)28-24(31)29-23-6-4-17(25)12-21(23)26/h4-7,12-16,27H,3,8-11H2,1-2H3,(H2,28,29,31). The molecule has 1 aliphatic rings. The number of nitrogens with one attached hydrogen (secondary N) is 3. The van der Waals surface area contributed by atoms with Gasteiger partial charge in [-0.1, -0.05) is 6.92 Å². The normalized spacial score (nSPS) is 16.4. The molecule has 0 bridgehead atoms. The molecule has 2 heterocycles. The Morgan fingerprint density at radius 1 is 1.16 bits per heavy atom. The number of benzene rings is 2. The Kier molecular flexibility index (Phi) is 7.77. The molecule has 7 heteroatoms. The molecular weight excluding hydrogens is 630 g/mol. The summed E-state index contributed by atoms with van der Waals surface area (Å²) in [5.74, 6) is 0.614. The summed E-state index contributed by atoms with van der Waals surface area (Å²) in [7, 11) is 0. The fraction of sp³-hybridized carbons (Fsp3) is 0.375. The number of anilines is 2. The number of rotatable bonds is 5. The molecule has 0 amide bonds. The molecule has 0 spiro atoms. The topological polar surface area (TPSA) is 43.1 Å². The molecule has 3 N–H and O–H groups in total. The van der Waals surface area contributed by atoms with Crippen LogP contribution in [0.1, 0.15) is 44.6 Å². The lowest BCUT2D eigenvalue weighted by atomic mass is 9.88. The second-order valence-corrected chi connectivity index (χ2v) is 11.1. The molecule has 4 nitrogen and oxygen atoms in total. The zero-order valence-corrected chi connectivity index (χ0v) is 23.0. The van der Waals surface area contributed by atoms with Crippen molar-refractivity contribution in [2.75, 3.05) is 23.7 Å². The highest BCUT2D eigenvalue weighted by atomic mass is 127. The van der Waals surface area contributed by atoms with Gasteiger partial charge in [-0.15, -0.1) is 0 Å². The van der Waals surface area contributed by atoms with E-state index >= 15 is 0 Å². The number of fused-ring (bicyclic) bond motifs is 1. The van der Waals surface area contributed by atoms with Gasteiger partial charge in [-0.2, -0.15) is 0 Å². The lowest BCUT2D eigenvalue weighted by Gasteiger charge is -2.35. The van der Waals surface area contributed by atoms with Gasteiger partial charge in [-0.3, -0.25) is 0 Å². The third-order valence-electron chi connectivity index (χ3n) is 6.33. The predicted molar refractivity (Wildman–Crippen MR) is 153 cm³/mol. The fourth-order valence-electron chi connectivity index (χ4n) is 4.34. The quantitative estimate of drug-likeness (QED) is 0.201. The first kappa shape index (κ1) is 23.3. The van der Waals surface area contributed by atoms with Crippen molar-refractivity contribution in [3.63, 3.8) is 0 Å². The molecule has 1 unspecified atom stereocenters. The minimum absolute atomic E-state index is 0.609. The van der Waals surface area contributed by atoms with Gasteiger partial charge >= 0.3 is 0 Å². The van der Waals surface area contributed by atoms with E-state index < -0.39 is 0 Å². The molecule has 1 atom stereocenters. The lowest BCUT2D eigenvalue weighted by Crippen LogP contribution is -2.39. The maximum Gasteiger partial charge on any atom is 0.175 e. The van der Waals surface area contributed by atoms with Crippen molar-refractivity contribution in [1.82, 2.24) is 9.88 Å². The van der Waals surface area contributed by atoms with Crippen LogP contribution in [0.3, 0.4) is 0 Å². The Labute approximate surface area is 217 Å². The molecule has 1 aliphatic heterocycles. The van der Waals surface area contributed by atoms with Gasteiger partial charge in [0.25, 0.3) is 0 Å². The molecule has 2 aromatic carbocycles. The molecule has 31 heavy (non-hydrogen) atoms. The number of thiocarbonyl (C=S) groups is 1. The maximum absolute atomic E-state index is 5.58. The lowest BCUT2D eigenvalue weighted by molar-refractivity contribution is 0.158. The number of aromatic amines is 1. The Bertz CT molecular complexity index is 1070. The van der Waals surface area contributed by atoms with Gasteiger partial charge in [0.15, 0.2) is 5.11 Å². The summed E-state index contributed by atoms with van der Waals surface area (Å²) in [6.07, 6.45) is 5.88. The number of nitrogens with zero attached hydrogens (tertiary/aromatic N) is 1. The minimum Gasteiger partial charge on any atom is -0.361 e. The Morgan fingerprint density at radius 3 is 2.65 bits per heavy atom. The third-order valence-corrected chi connectivity index (χ3v) is 8.10. The average Bonchev–Trinajstić information content (AvgIpc) is 3.18. The van der Waals surface area contributed by atoms with Crippen LogP contribution >= 0.6 is 57.4 Å². The number of H-pyrrole nitrogens is 1. The zero-order valence-electron chi connectivity index (χ0n) is 17.8. The van der Waals surface area contributed by atoms with E-state index in [0.717, 1.165) is 14.9 Å². The molecule has 0 saturated carbocycles. The van der Waals surface area contributed by atoms with Crippen LogP contribution in [0.4, 0.5) is 11.4 Å². The summed E-state index contributed by atoms with van der Waals surface area (Å²) in [6.45, 7) is 7.00. The molecule has 1 saturated heterocycles. The van der Waals surface area contributed by atoms with Gasteiger partial charge in [-0.25, -0.2) is 0 Å². The molecule has 0 aliphatic carbocycles. The van der Waals surface area contributed by atoms with E-state index in [2.05, 4.69) is 122 Å². The highest BCUT2D eigenvalue weighted by Gasteiger charge is 2.24. The highest BCUT2D eigenvalue weighted by Crippen LogP contribution is 2.35. The van der Waals surface area contributed by atoms with Crippen LogP contribution in [0.2, 0.25) is 0 Å². The monoisotopic (exact) mass is 658 g/mol. The average molecular weight is 658 g/mol. The molecular formula is C24H28I2N4S. The van der Waals surface area contributed by atoms with E-state index in [1.54, 1.807) is 0 Å². The highest BCUT2D eigenvalue weighted by molar-refractivity contribution is 14.1. The first-order valence-corrected chi connectivity index (χ1v) is 13.4. The van der Waals surface area contributed by atoms with Crippen molar-refractivity contribution < 1.29 is 0 Å². The van der Waals surface area contributed by atoms with Gasteiger partial charge in [-0.05, 0) is 145 Å². The van der Waals surface area contributed by atoms with Crippen molar-refractivity contribution in [2.24, 2.45) is 0 Å². The van der Waals surface area contributed by atoms with Crippen molar-refractivity contribution in [3.8, 4) is 0 Å². The van der Waals surface area contributed by atoms with E-state index in [1.807, 2.05) is 0 Å². The van der Waals surface area contributed by atoms with Crippen LogP contribution in [0.15, 0.2) is 42.6 Å². The van der Waals surface area contributed by atoms with E-state index in [-0.39, 0.29) is 0 Å². The molecule has 164 valence electrons. The van der Waals surface area contributed by atoms with Gasteiger partial charge in [0.05, 0.1) is 5.69 Å². The number of aromatic nitrogens is 1. The van der Waals surface area contributed by atoms with E-state index in [0.29, 0.717) is 17.1 Å². The maximum atomic E-state index is 5.58. The molecule has 1 aromatic heterocycles. The summed E-state index contributed by atoms with van der Waals surface area (Å²) < 4.78 is 2.37. The van der Waals surface area contributed by atoms with Crippen molar-refractivity contribution in [1.29, 1.82) is 0 Å². The number of hydrogen-bond donors (Lipinski definition) is 3. The first-order chi connectivity index (χ1) is 14.9.